The van der Waals surface area contributed by atoms with Crippen LogP contribution in [0.25, 0.3) is 0 Å². The normalized spacial score (nSPS) is 11.9. The summed E-state index contributed by atoms with van der Waals surface area (Å²) < 4.78 is 4.75. The van der Waals surface area contributed by atoms with E-state index in [9.17, 15) is 9.59 Å². The lowest BCUT2D eigenvalue weighted by atomic mass is 10.2. The van der Waals surface area contributed by atoms with Gasteiger partial charge >= 0.3 is 5.97 Å². The van der Waals surface area contributed by atoms with Gasteiger partial charge in [-0.1, -0.05) is 11.6 Å². The van der Waals surface area contributed by atoms with Crippen molar-refractivity contribution in [2.75, 3.05) is 19.5 Å². The van der Waals surface area contributed by atoms with Gasteiger partial charge in [0.25, 0.3) is 0 Å². The van der Waals surface area contributed by atoms with Crippen LogP contribution < -0.4 is 5.32 Å². The highest BCUT2D eigenvalue weighted by Gasteiger charge is 2.19. The minimum atomic E-state index is -1.10. The zero-order valence-corrected chi connectivity index (χ0v) is 13.2. The molecule has 1 aromatic carbocycles. The SMILES string of the molecule is COCC(NC(=O)CCCSc1ccc(Cl)cc1)C(=O)O. The quantitative estimate of drug-likeness (QED) is 0.537. The van der Waals surface area contributed by atoms with Crippen LogP contribution in [0, 0.1) is 0 Å². The van der Waals surface area contributed by atoms with E-state index in [2.05, 4.69) is 5.32 Å². The van der Waals surface area contributed by atoms with E-state index < -0.39 is 12.0 Å². The Balaban J connectivity index is 2.23. The van der Waals surface area contributed by atoms with Gasteiger partial charge in [0.15, 0.2) is 6.04 Å². The van der Waals surface area contributed by atoms with E-state index in [0.717, 1.165) is 10.6 Å². The van der Waals surface area contributed by atoms with Gasteiger partial charge in [-0.3, -0.25) is 4.79 Å². The molecule has 1 unspecified atom stereocenters. The molecule has 0 saturated heterocycles. The minimum Gasteiger partial charge on any atom is -0.480 e. The molecule has 1 atom stereocenters. The van der Waals surface area contributed by atoms with Crippen molar-refractivity contribution in [1.82, 2.24) is 5.32 Å². The molecular formula is C14H18ClNO4S. The summed E-state index contributed by atoms with van der Waals surface area (Å²) in [7, 11) is 1.39. The zero-order valence-electron chi connectivity index (χ0n) is 11.7. The maximum atomic E-state index is 11.6. The molecule has 0 saturated carbocycles. The lowest BCUT2D eigenvalue weighted by molar-refractivity contribution is -0.143. The first-order chi connectivity index (χ1) is 10.0. The Bertz CT molecular complexity index is 467. The largest absolute Gasteiger partial charge is 0.480 e. The fourth-order valence-electron chi connectivity index (χ4n) is 1.56. The molecule has 0 aromatic heterocycles. The number of carbonyl (C=O) groups excluding carboxylic acids is 1. The van der Waals surface area contributed by atoms with E-state index in [4.69, 9.17) is 21.4 Å². The average molecular weight is 332 g/mol. The van der Waals surface area contributed by atoms with Crippen LogP contribution in [0.15, 0.2) is 29.2 Å². The van der Waals surface area contributed by atoms with Crippen molar-refractivity contribution in [3.8, 4) is 0 Å². The third-order valence-corrected chi connectivity index (χ3v) is 3.95. The fourth-order valence-corrected chi connectivity index (χ4v) is 2.54. The number of rotatable bonds is 9. The van der Waals surface area contributed by atoms with Crippen LogP contribution in [0.3, 0.4) is 0 Å². The van der Waals surface area contributed by atoms with Gasteiger partial charge < -0.3 is 15.2 Å². The summed E-state index contributed by atoms with van der Waals surface area (Å²) in [6.45, 7) is -0.0411. The number of halogens is 1. The second-order valence-corrected chi connectivity index (χ2v) is 5.92. The van der Waals surface area contributed by atoms with Gasteiger partial charge in [0.2, 0.25) is 5.91 Å². The van der Waals surface area contributed by atoms with Crippen LogP contribution in [0.5, 0.6) is 0 Å². The number of aliphatic carboxylic acids is 1. The highest BCUT2D eigenvalue weighted by molar-refractivity contribution is 7.99. The van der Waals surface area contributed by atoms with E-state index in [1.807, 2.05) is 24.3 Å². The van der Waals surface area contributed by atoms with Crippen LogP contribution >= 0.6 is 23.4 Å². The summed E-state index contributed by atoms with van der Waals surface area (Å²) in [4.78, 5) is 23.6. The molecule has 0 aliphatic carbocycles. The Morgan fingerprint density at radius 2 is 2.05 bits per heavy atom. The van der Waals surface area contributed by atoms with E-state index in [1.54, 1.807) is 11.8 Å². The topological polar surface area (TPSA) is 75.6 Å². The Labute approximate surface area is 133 Å². The maximum absolute atomic E-state index is 11.6. The van der Waals surface area contributed by atoms with Gasteiger partial charge in [-0.15, -0.1) is 11.8 Å². The Hall–Kier alpha value is -1.24. The van der Waals surface area contributed by atoms with E-state index in [1.165, 1.54) is 7.11 Å². The Kier molecular flexibility index (Phi) is 8.19. The summed E-state index contributed by atoms with van der Waals surface area (Å²) in [5, 5.41) is 12.0. The van der Waals surface area contributed by atoms with Crippen LogP contribution in [0.2, 0.25) is 5.02 Å². The summed E-state index contributed by atoms with van der Waals surface area (Å²) in [6, 6.07) is 6.49. The molecule has 1 rings (SSSR count). The molecule has 0 bridgehead atoms. The second-order valence-electron chi connectivity index (χ2n) is 4.32. The lowest BCUT2D eigenvalue weighted by Gasteiger charge is -2.13. The van der Waals surface area contributed by atoms with Crippen molar-refractivity contribution in [1.29, 1.82) is 0 Å². The predicted octanol–water partition coefficient (Wildman–Crippen LogP) is 2.43. The second kappa shape index (κ2) is 9.65. The van der Waals surface area contributed by atoms with Crippen LogP contribution in [0.4, 0.5) is 0 Å². The van der Waals surface area contributed by atoms with E-state index in [-0.39, 0.29) is 18.9 Å². The Morgan fingerprint density at radius 1 is 1.38 bits per heavy atom. The molecule has 7 heteroatoms. The Morgan fingerprint density at radius 3 is 2.62 bits per heavy atom. The van der Waals surface area contributed by atoms with Crippen molar-refractivity contribution in [2.45, 2.75) is 23.8 Å². The molecule has 0 heterocycles. The number of thioether (sulfide) groups is 1. The van der Waals surface area contributed by atoms with Crippen molar-refractivity contribution in [3.63, 3.8) is 0 Å². The van der Waals surface area contributed by atoms with Gasteiger partial charge in [-0.2, -0.15) is 0 Å². The molecule has 0 radical (unpaired) electrons. The first-order valence-electron chi connectivity index (χ1n) is 6.42. The molecule has 1 amide bonds. The number of carbonyl (C=O) groups is 2. The number of hydrogen-bond donors (Lipinski definition) is 2. The van der Waals surface area contributed by atoms with Gasteiger partial charge in [-0.25, -0.2) is 4.79 Å². The number of methoxy groups -OCH3 is 1. The van der Waals surface area contributed by atoms with Crippen molar-refractivity contribution in [2.24, 2.45) is 0 Å². The molecule has 21 heavy (non-hydrogen) atoms. The van der Waals surface area contributed by atoms with Crippen LogP contribution in [0.1, 0.15) is 12.8 Å². The van der Waals surface area contributed by atoms with Gasteiger partial charge in [-0.05, 0) is 36.4 Å². The zero-order chi connectivity index (χ0) is 15.7. The smallest absolute Gasteiger partial charge is 0.328 e. The molecule has 2 N–H and O–H groups in total. The molecule has 0 spiro atoms. The molecule has 116 valence electrons. The molecule has 5 nitrogen and oxygen atoms in total. The number of benzene rings is 1. The number of carboxylic acids is 1. The first-order valence-corrected chi connectivity index (χ1v) is 7.78. The highest BCUT2D eigenvalue weighted by Crippen LogP contribution is 2.21. The van der Waals surface area contributed by atoms with Gasteiger partial charge in [0.05, 0.1) is 6.61 Å². The standard InChI is InChI=1S/C14H18ClNO4S/c1-20-9-12(14(18)19)16-13(17)3-2-8-21-11-6-4-10(15)5-7-11/h4-7,12H,2-3,8-9H2,1H3,(H,16,17)(H,18,19). The monoisotopic (exact) mass is 331 g/mol. The fraction of sp³-hybridized carbons (Fsp3) is 0.429. The molecule has 0 fully saturated rings. The molecular weight excluding hydrogens is 314 g/mol. The summed E-state index contributed by atoms with van der Waals surface area (Å²) >= 11 is 7.42. The third-order valence-electron chi connectivity index (χ3n) is 2.60. The average Bonchev–Trinajstić information content (AvgIpc) is 2.45. The molecule has 0 aliphatic heterocycles. The molecule has 1 aromatic rings. The summed E-state index contributed by atoms with van der Waals surface area (Å²) in [6.07, 6.45) is 0.951. The summed E-state index contributed by atoms with van der Waals surface area (Å²) in [5.41, 5.74) is 0. The number of hydrogen-bond acceptors (Lipinski definition) is 4. The maximum Gasteiger partial charge on any atom is 0.328 e. The number of amides is 1. The van der Waals surface area contributed by atoms with Crippen LogP contribution in [-0.4, -0.2) is 42.5 Å². The third kappa shape index (κ3) is 7.36. The molecule has 0 aliphatic rings. The van der Waals surface area contributed by atoms with E-state index in [0.29, 0.717) is 11.4 Å². The first kappa shape index (κ1) is 17.8. The van der Waals surface area contributed by atoms with Gasteiger partial charge in [0.1, 0.15) is 0 Å². The number of ether oxygens (including phenoxy) is 1. The minimum absolute atomic E-state index is 0.0411. The summed E-state index contributed by atoms with van der Waals surface area (Å²) in [5.74, 6) is -0.603. The van der Waals surface area contributed by atoms with Crippen LogP contribution in [-0.2, 0) is 14.3 Å². The van der Waals surface area contributed by atoms with E-state index >= 15 is 0 Å². The predicted molar refractivity (Wildman–Crippen MR) is 82.9 cm³/mol. The van der Waals surface area contributed by atoms with Crippen molar-refractivity contribution >= 4 is 35.2 Å². The highest BCUT2D eigenvalue weighted by atomic mass is 35.5. The van der Waals surface area contributed by atoms with Gasteiger partial charge in [0, 0.05) is 23.4 Å². The lowest BCUT2D eigenvalue weighted by Crippen LogP contribution is -2.43. The van der Waals surface area contributed by atoms with Crippen molar-refractivity contribution < 1.29 is 19.4 Å². The van der Waals surface area contributed by atoms with Crippen molar-refractivity contribution in [3.05, 3.63) is 29.3 Å². The number of nitrogens with one attached hydrogen (secondary N) is 1. The number of carboxylic acid groups (broad SMARTS) is 1.